The molecule has 0 unspecified atom stereocenters. The van der Waals surface area contributed by atoms with Crippen LogP contribution in [0.25, 0.3) is 0 Å². The van der Waals surface area contributed by atoms with Crippen LogP contribution in [0.4, 0.5) is 10.5 Å². The Hall–Kier alpha value is -1.26. The van der Waals surface area contributed by atoms with Crippen LogP contribution in [-0.4, -0.2) is 11.7 Å². The van der Waals surface area contributed by atoms with E-state index in [9.17, 15) is 4.79 Å². The van der Waals surface area contributed by atoms with Gasteiger partial charge < -0.3 is 5.32 Å². The topological polar surface area (TPSA) is 44.4 Å². The van der Waals surface area contributed by atoms with Gasteiger partial charge in [-0.15, -0.1) is 0 Å². The average molecular weight is 282 g/mol. The summed E-state index contributed by atoms with van der Waals surface area (Å²) in [5.41, 5.74) is 3.80. The fourth-order valence-corrected chi connectivity index (χ4v) is 2.67. The molecule has 2 rings (SSSR count). The Morgan fingerprint density at radius 2 is 1.74 bits per heavy atom. The first-order chi connectivity index (χ1) is 9.10. The second-order valence-electron chi connectivity index (χ2n) is 4.94. The highest BCUT2D eigenvalue weighted by Crippen LogP contribution is 2.26. The van der Waals surface area contributed by atoms with Crippen molar-refractivity contribution in [2.75, 3.05) is 5.01 Å². The van der Waals surface area contributed by atoms with Crippen molar-refractivity contribution in [3.63, 3.8) is 0 Å². The predicted molar refractivity (Wildman–Crippen MR) is 78.1 cm³/mol. The van der Waals surface area contributed by atoms with E-state index in [-0.39, 0.29) is 11.7 Å². The quantitative estimate of drug-likeness (QED) is 0.865. The summed E-state index contributed by atoms with van der Waals surface area (Å²) in [4.78, 5) is 12.1. The number of benzene rings is 1. The number of hydrogen-bond acceptors (Lipinski definition) is 2. The third kappa shape index (κ3) is 3.01. The average Bonchev–Trinajstić information content (AvgIpc) is 2.68. The van der Waals surface area contributed by atoms with Crippen LogP contribution in [0.3, 0.4) is 0 Å². The number of amides is 2. The van der Waals surface area contributed by atoms with Crippen LogP contribution in [-0.2, 0) is 0 Å². The minimum absolute atomic E-state index is 0.107. The molecule has 2 N–H and O–H groups in total. The lowest BCUT2D eigenvalue weighted by atomic mass is 10.00. The van der Waals surface area contributed by atoms with Gasteiger partial charge in [-0.3, -0.25) is 0 Å². The summed E-state index contributed by atoms with van der Waals surface area (Å²) in [6.45, 7) is 4.24. The van der Waals surface area contributed by atoms with Gasteiger partial charge in [0.1, 0.15) is 5.66 Å². The predicted octanol–water partition coefficient (Wildman–Crippen LogP) is 3.67. The molecule has 4 nitrogen and oxygen atoms in total. The molecule has 0 radical (unpaired) electrons. The molecule has 1 aliphatic heterocycles. The molecular formula is C14H20ClN3O. The van der Waals surface area contributed by atoms with Gasteiger partial charge in [-0.1, -0.05) is 38.3 Å². The molecule has 104 valence electrons. The van der Waals surface area contributed by atoms with E-state index >= 15 is 0 Å². The third-order valence-corrected chi connectivity index (χ3v) is 3.57. The summed E-state index contributed by atoms with van der Waals surface area (Å²) >= 11 is 5.87. The molecule has 0 aromatic heterocycles. The van der Waals surface area contributed by atoms with Gasteiger partial charge in [0.15, 0.2) is 0 Å². The molecule has 1 heterocycles. The van der Waals surface area contributed by atoms with Crippen molar-refractivity contribution < 1.29 is 4.79 Å². The zero-order valence-corrected chi connectivity index (χ0v) is 12.1. The molecular weight excluding hydrogens is 262 g/mol. The number of hydrazine groups is 1. The van der Waals surface area contributed by atoms with Crippen molar-refractivity contribution in [2.45, 2.75) is 45.2 Å². The number of urea groups is 1. The van der Waals surface area contributed by atoms with Crippen LogP contribution >= 0.6 is 11.6 Å². The van der Waals surface area contributed by atoms with E-state index in [0.717, 1.165) is 31.4 Å². The Morgan fingerprint density at radius 1 is 1.16 bits per heavy atom. The molecule has 0 bridgehead atoms. The number of carbonyl (C=O) groups excluding carboxylic acids is 1. The van der Waals surface area contributed by atoms with E-state index in [1.165, 1.54) is 0 Å². The molecule has 1 aromatic carbocycles. The van der Waals surface area contributed by atoms with Crippen LogP contribution in [0.2, 0.25) is 5.02 Å². The van der Waals surface area contributed by atoms with Crippen LogP contribution < -0.4 is 15.8 Å². The Labute approximate surface area is 119 Å². The van der Waals surface area contributed by atoms with Crippen LogP contribution in [0.15, 0.2) is 24.3 Å². The van der Waals surface area contributed by atoms with Gasteiger partial charge in [0.05, 0.1) is 5.69 Å². The van der Waals surface area contributed by atoms with E-state index in [4.69, 9.17) is 11.6 Å². The maximum Gasteiger partial charge on any atom is 0.338 e. The van der Waals surface area contributed by atoms with Crippen molar-refractivity contribution in [1.82, 2.24) is 10.7 Å². The van der Waals surface area contributed by atoms with Crippen LogP contribution in [0, 0.1) is 0 Å². The molecule has 2 amide bonds. The van der Waals surface area contributed by atoms with Gasteiger partial charge in [-0.25, -0.2) is 15.2 Å². The first-order valence-electron chi connectivity index (χ1n) is 6.76. The third-order valence-electron chi connectivity index (χ3n) is 3.31. The van der Waals surface area contributed by atoms with Crippen molar-refractivity contribution in [3.05, 3.63) is 29.3 Å². The molecule has 0 aliphatic carbocycles. The zero-order chi connectivity index (χ0) is 13.9. The summed E-state index contributed by atoms with van der Waals surface area (Å²) < 4.78 is 0. The second kappa shape index (κ2) is 5.80. The first-order valence-corrected chi connectivity index (χ1v) is 7.13. The summed E-state index contributed by atoms with van der Waals surface area (Å²) in [6, 6.07) is 7.13. The van der Waals surface area contributed by atoms with Gasteiger partial charge in [0, 0.05) is 5.02 Å². The van der Waals surface area contributed by atoms with Gasteiger partial charge in [-0.2, -0.15) is 0 Å². The maximum absolute atomic E-state index is 12.1. The lowest BCUT2D eigenvalue weighted by molar-refractivity contribution is 0.240. The smallest absolute Gasteiger partial charge is 0.317 e. The lowest BCUT2D eigenvalue weighted by Crippen LogP contribution is -2.51. The van der Waals surface area contributed by atoms with E-state index in [1.54, 1.807) is 17.1 Å². The van der Waals surface area contributed by atoms with Crippen molar-refractivity contribution in [2.24, 2.45) is 0 Å². The number of nitrogens with one attached hydrogen (secondary N) is 2. The molecule has 1 saturated heterocycles. The summed E-state index contributed by atoms with van der Waals surface area (Å²) in [5, 5.41) is 5.31. The highest BCUT2D eigenvalue weighted by atomic mass is 35.5. The number of hydrogen-bond donors (Lipinski definition) is 2. The SMILES string of the molecule is CCCC1(CCC)NC(=O)N(c2ccc(Cl)cc2)N1. The lowest BCUT2D eigenvalue weighted by Gasteiger charge is -2.28. The summed E-state index contributed by atoms with van der Waals surface area (Å²) in [7, 11) is 0. The Morgan fingerprint density at radius 3 is 2.26 bits per heavy atom. The summed E-state index contributed by atoms with van der Waals surface area (Å²) in [5.74, 6) is 0. The molecule has 1 aliphatic rings. The summed E-state index contributed by atoms with van der Waals surface area (Å²) in [6.07, 6.45) is 3.86. The van der Waals surface area contributed by atoms with Gasteiger partial charge >= 0.3 is 6.03 Å². The minimum Gasteiger partial charge on any atom is -0.317 e. The monoisotopic (exact) mass is 281 g/mol. The molecule has 5 heteroatoms. The fraction of sp³-hybridized carbons (Fsp3) is 0.500. The normalized spacial score (nSPS) is 17.6. The van der Waals surface area contributed by atoms with E-state index in [1.807, 2.05) is 12.1 Å². The van der Waals surface area contributed by atoms with Gasteiger partial charge in [0.25, 0.3) is 0 Å². The number of rotatable bonds is 5. The van der Waals surface area contributed by atoms with Crippen LogP contribution in [0.5, 0.6) is 0 Å². The molecule has 0 saturated carbocycles. The Bertz CT molecular complexity index is 441. The van der Waals surface area contributed by atoms with E-state index in [0.29, 0.717) is 5.02 Å². The molecule has 1 fully saturated rings. The van der Waals surface area contributed by atoms with Crippen LogP contribution in [0.1, 0.15) is 39.5 Å². The fourth-order valence-electron chi connectivity index (χ4n) is 2.54. The first kappa shape index (κ1) is 14.2. The van der Waals surface area contributed by atoms with Crippen molar-refractivity contribution in [3.8, 4) is 0 Å². The van der Waals surface area contributed by atoms with Crippen molar-refractivity contribution >= 4 is 23.3 Å². The highest BCUT2D eigenvalue weighted by Gasteiger charge is 2.41. The molecule has 0 spiro atoms. The Kier molecular flexibility index (Phi) is 4.32. The van der Waals surface area contributed by atoms with E-state index in [2.05, 4.69) is 24.6 Å². The second-order valence-corrected chi connectivity index (χ2v) is 5.37. The zero-order valence-electron chi connectivity index (χ0n) is 11.4. The molecule has 1 aromatic rings. The molecule has 0 atom stereocenters. The van der Waals surface area contributed by atoms with Gasteiger partial charge in [-0.05, 0) is 37.1 Å². The van der Waals surface area contributed by atoms with Gasteiger partial charge in [0.2, 0.25) is 0 Å². The molecule has 19 heavy (non-hydrogen) atoms. The van der Waals surface area contributed by atoms with Crippen molar-refractivity contribution in [1.29, 1.82) is 0 Å². The maximum atomic E-state index is 12.1. The van der Waals surface area contributed by atoms with E-state index < -0.39 is 0 Å². The minimum atomic E-state index is -0.319. The highest BCUT2D eigenvalue weighted by molar-refractivity contribution is 6.30. The standard InChI is InChI=1S/C14H20ClN3O/c1-3-9-14(10-4-2)16-13(19)18(17-14)12-7-5-11(15)6-8-12/h5-8,17H,3-4,9-10H2,1-2H3,(H,16,19). The Balaban J connectivity index is 2.20. The number of nitrogens with zero attached hydrogens (tertiary/aromatic N) is 1. The number of halogens is 1. The largest absolute Gasteiger partial charge is 0.338 e. The number of anilines is 1. The number of carbonyl (C=O) groups is 1.